The van der Waals surface area contributed by atoms with Gasteiger partial charge in [-0.2, -0.15) is 0 Å². The van der Waals surface area contributed by atoms with Gasteiger partial charge >= 0.3 is 19.8 Å². The van der Waals surface area contributed by atoms with E-state index in [1.807, 2.05) is 6.08 Å². The predicted molar refractivity (Wildman–Crippen MR) is 206 cm³/mol. The average Bonchev–Trinajstić information content (AvgIpc) is 3.08. The summed E-state index contributed by atoms with van der Waals surface area (Å²) in [7, 11) is -4.77. The van der Waals surface area contributed by atoms with E-state index in [9.17, 15) is 14.2 Å². The fraction of sp³-hybridized carbons (Fsp3) is 0.561. The SMILES string of the molecule is CC/C=C/C/C=C/C/C=C/C/C=C/C/C=C/CCCC(=O)OC[C@H](COP(=O)(O)O)OC(=O)CCCCCCC/C=C/C/C=C/C/C=C/CC. The highest BCUT2D eigenvalue weighted by Crippen LogP contribution is 2.35. The van der Waals surface area contributed by atoms with Crippen LogP contribution in [-0.4, -0.2) is 41.0 Å². The average molecular weight is 717 g/mol. The molecule has 0 aromatic heterocycles. The highest BCUT2D eigenvalue weighted by molar-refractivity contribution is 7.46. The Morgan fingerprint density at radius 1 is 0.520 bits per heavy atom. The molecule has 8 nitrogen and oxygen atoms in total. The maximum Gasteiger partial charge on any atom is 0.469 e. The van der Waals surface area contributed by atoms with E-state index < -0.39 is 32.5 Å². The van der Waals surface area contributed by atoms with Crippen LogP contribution in [0.2, 0.25) is 0 Å². The zero-order chi connectivity index (χ0) is 36.8. The lowest BCUT2D eigenvalue weighted by atomic mass is 10.1. The second-order valence-corrected chi connectivity index (χ2v) is 13.0. The first-order chi connectivity index (χ1) is 24.3. The van der Waals surface area contributed by atoms with Crippen molar-refractivity contribution in [2.45, 2.75) is 136 Å². The quantitative estimate of drug-likeness (QED) is 0.0305. The van der Waals surface area contributed by atoms with Crippen LogP contribution in [0.3, 0.4) is 0 Å². The Hall–Kier alpha value is -3.03. The molecule has 0 radical (unpaired) electrons. The van der Waals surface area contributed by atoms with E-state index in [1.165, 1.54) is 0 Å². The van der Waals surface area contributed by atoms with Gasteiger partial charge in [0.25, 0.3) is 0 Å². The lowest BCUT2D eigenvalue weighted by molar-refractivity contribution is -0.161. The van der Waals surface area contributed by atoms with E-state index in [2.05, 4.69) is 110 Å². The number of esters is 2. The van der Waals surface area contributed by atoms with Crippen LogP contribution in [0.5, 0.6) is 0 Å². The van der Waals surface area contributed by atoms with Crippen LogP contribution in [-0.2, 0) is 28.2 Å². The van der Waals surface area contributed by atoms with Gasteiger partial charge in [0.05, 0.1) is 6.61 Å². The fourth-order valence-electron chi connectivity index (χ4n) is 4.42. The normalized spacial score (nSPS) is 13.6. The molecule has 0 bridgehead atoms. The van der Waals surface area contributed by atoms with Crippen molar-refractivity contribution >= 4 is 19.8 Å². The zero-order valence-corrected chi connectivity index (χ0v) is 31.6. The lowest BCUT2D eigenvalue weighted by Crippen LogP contribution is -2.29. The molecule has 0 aliphatic heterocycles. The fourth-order valence-corrected chi connectivity index (χ4v) is 4.78. The Morgan fingerprint density at radius 3 is 1.40 bits per heavy atom. The number of phosphoric ester groups is 1. The van der Waals surface area contributed by atoms with Crippen molar-refractivity contribution in [2.75, 3.05) is 13.2 Å². The molecule has 0 rings (SSSR count). The maximum atomic E-state index is 12.4. The van der Waals surface area contributed by atoms with Gasteiger partial charge in [0, 0.05) is 12.8 Å². The molecular weight excluding hydrogens is 651 g/mol. The summed E-state index contributed by atoms with van der Waals surface area (Å²) in [6.07, 6.45) is 48.5. The highest BCUT2D eigenvalue weighted by Gasteiger charge is 2.22. The van der Waals surface area contributed by atoms with Crippen molar-refractivity contribution in [2.24, 2.45) is 0 Å². The molecule has 0 saturated carbocycles. The summed E-state index contributed by atoms with van der Waals surface area (Å²) in [5.41, 5.74) is 0. The third-order valence-corrected chi connectivity index (χ3v) is 7.58. The molecule has 0 saturated heterocycles. The van der Waals surface area contributed by atoms with Gasteiger partial charge in [-0.05, 0) is 83.5 Å². The molecule has 50 heavy (non-hydrogen) atoms. The second kappa shape index (κ2) is 35.8. The summed E-state index contributed by atoms with van der Waals surface area (Å²) in [4.78, 5) is 42.7. The number of unbranched alkanes of at least 4 members (excludes halogenated alkanes) is 6. The Bertz CT molecular complexity index is 1120. The predicted octanol–water partition coefficient (Wildman–Crippen LogP) is 11.1. The molecule has 0 fully saturated rings. The van der Waals surface area contributed by atoms with Crippen LogP contribution >= 0.6 is 7.82 Å². The number of phosphoric acid groups is 1. The number of carbonyl (C=O) groups is 2. The molecule has 0 aromatic carbocycles. The molecule has 9 heteroatoms. The largest absolute Gasteiger partial charge is 0.469 e. The Labute approximate surface area is 303 Å². The number of rotatable bonds is 32. The number of allylic oxidation sites excluding steroid dienone is 16. The van der Waals surface area contributed by atoms with Gasteiger partial charge in [0.15, 0.2) is 6.10 Å². The lowest BCUT2D eigenvalue weighted by Gasteiger charge is -2.18. The minimum atomic E-state index is -4.77. The summed E-state index contributed by atoms with van der Waals surface area (Å²) in [5, 5.41) is 0. The first-order valence-electron chi connectivity index (χ1n) is 18.5. The van der Waals surface area contributed by atoms with Gasteiger partial charge in [0.2, 0.25) is 0 Å². The minimum Gasteiger partial charge on any atom is -0.462 e. The number of carbonyl (C=O) groups excluding carboxylic acids is 2. The van der Waals surface area contributed by atoms with Crippen molar-refractivity contribution in [3.8, 4) is 0 Å². The van der Waals surface area contributed by atoms with Crippen LogP contribution < -0.4 is 0 Å². The monoisotopic (exact) mass is 716 g/mol. The molecule has 0 aliphatic rings. The van der Waals surface area contributed by atoms with Crippen molar-refractivity contribution < 1.29 is 37.9 Å². The summed E-state index contributed by atoms with van der Waals surface area (Å²) in [6.45, 7) is 3.36. The number of ether oxygens (including phenoxy) is 2. The minimum absolute atomic E-state index is 0.174. The Kier molecular flexibility index (Phi) is 33.6. The van der Waals surface area contributed by atoms with E-state index in [-0.39, 0.29) is 19.4 Å². The van der Waals surface area contributed by atoms with E-state index in [4.69, 9.17) is 19.3 Å². The third-order valence-electron chi connectivity index (χ3n) is 7.10. The van der Waals surface area contributed by atoms with Gasteiger partial charge in [0.1, 0.15) is 6.61 Å². The van der Waals surface area contributed by atoms with E-state index in [1.54, 1.807) is 0 Å². The van der Waals surface area contributed by atoms with Crippen molar-refractivity contribution in [1.29, 1.82) is 0 Å². The smallest absolute Gasteiger partial charge is 0.462 e. The van der Waals surface area contributed by atoms with Crippen LogP contribution in [0.25, 0.3) is 0 Å². The van der Waals surface area contributed by atoms with Crippen LogP contribution in [0.1, 0.15) is 129 Å². The molecule has 0 amide bonds. The first-order valence-corrected chi connectivity index (χ1v) is 20.1. The third kappa shape index (κ3) is 37.8. The molecule has 0 unspecified atom stereocenters. The summed E-state index contributed by atoms with van der Waals surface area (Å²) >= 11 is 0. The van der Waals surface area contributed by atoms with Gasteiger partial charge < -0.3 is 19.3 Å². The van der Waals surface area contributed by atoms with Crippen LogP contribution in [0, 0.1) is 0 Å². The molecule has 0 spiro atoms. The van der Waals surface area contributed by atoms with Crippen molar-refractivity contribution in [1.82, 2.24) is 0 Å². The van der Waals surface area contributed by atoms with E-state index in [0.29, 0.717) is 19.3 Å². The van der Waals surface area contributed by atoms with Gasteiger partial charge in [-0.1, -0.05) is 130 Å². The van der Waals surface area contributed by atoms with Gasteiger partial charge in [-0.25, -0.2) is 4.57 Å². The molecular formula is C41H65O8P. The van der Waals surface area contributed by atoms with Gasteiger partial charge in [-0.3, -0.25) is 14.1 Å². The molecule has 0 aliphatic carbocycles. The molecule has 2 N–H and O–H groups in total. The Morgan fingerprint density at radius 2 is 0.920 bits per heavy atom. The van der Waals surface area contributed by atoms with Crippen LogP contribution in [0.15, 0.2) is 97.2 Å². The number of hydrogen-bond acceptors (Lipinski definition) is 6. The summed E-state index contributed by atoms with van der Waals surface area (Å²) in [6, 6.07) is 0. The second-order valence-electron chi connectivity index (χ2n) is 11.8. The highest BCUT2D eigenvalue weighted by atomic mass is 31.2. The van der Waals surface area contributed by atoms with E-state index in [0.717, 1.165) is 83.5 Å². The summed E-state index contributed by atoms with van der Waals surface area (Å²) in [5.74, 6) is -0.986. The Balaban J connectivity index is 4.13. The maximum absolute atomic E-state index is 12.4. The molecule has 1 atom stereocenters. The molecule has 282 valence electrons. The van der Waals surface area contributed by atoms with Crippen molar-refractivity contribution in [3.05, 3.63) is 97.2 Å². The topological polar surface area (TPSA) is 119 Å². The molecule has 0 aromatic rings. The zero-order valence-electron chi connectivity index (χ0n) is 30.7. The van der Waals surface area contributed by atoms with Gasteiger partial charge in [-0.15, -0.1) is 0 Å². The molecule has 0 heterocycles. The summed E-state index contributed by atoms with van der Waals surface area (Å²) < 4.78 is 26.2. The standard InChI is InChI=1S/C41H65O8P/c1-3-5-7-9-11-13-15-17-19-20-22-23-25-27-29-31-33-35-40(42)47-37-39(38-48-50(44,45)46)49-41(43)36-34-32-30-28-26-24-21-18-16-14-12-10-8-6-4-2/h5-8,11-14,17-19,21-23,27,29,39H,3-4,9-10,15-16,20,24-26,28,30-38H2,1-2H3,(H2,44,45,46)/b7-5+,8-6+,13-11+,14-12+,19-17+,21-18+,23-22+,29-27+/t39-/m1/s1. The van der Waals surface area contributed by atoms with E-state index >= 15 is 0 Å². The van der Waals surface area contributed by atoms with Crippen LogP contribution in [0.4, 0.5) is 0 Å². The number of hydrogen-bond donors (Lipinski definition) is 2. The first kappa shape index (κ1) is 47.0. The van der Waals surface area contributed by atoms with Crippen molar-refractivity contribution in [3.63, 3.8) is 0 Å².